The molecule has 1 aliphatic carbocycles. The zero-order valence-corrected chi connectivity index (χ0v) is 13.8. The van der Waals surface area contributed by atoms with Gasteiger partial charge in [-0.05, 0) is 45.1 Å². The molecule has 120 valence electrons. The van der Waals surface area contributed by atoms with E-state index in [1.807, 2.05) is 13.8 Å². The van der Waals surface area contributed by atoms with E-state index >= 15 is 0 Å². The minimum Gasteiger partial charge on any atom is -0.352 e. The van der Waals surface area contributed by atoms with Gasteiger partial charge in [-0.15, -0.1) is 0 Å². The van der Waals surface area contributed by atoms with Crippen LogP contribution in [0.5, 0.6) is 0 Å². The van der Waals surface area contributed by atoms with Gasteiger partial charge in [-0.25, -0.2) is 4.98 Å². The minimum absolute atomic E-state index is 0.152. The molecule has 5 rings (SSSR count). The Labute approximate surface area is 136 Å². The monoisotopic (exact) mass is 309 g/mol. The predicted octanol–water partition coefficient (Wildman–Crippen LogP) is 2.67. The first-order valence-electron chi connectivity index (χ1n) is 8.32. The lowest BCUT2D eigenvalue weighted by molar-refractivity contribution is 0.544. The van der Waals surface area contributed by atoms with Gasteiger partial charge in [0.15, 0.2) is 5.82 Å². The van der Waals surface area contributed by atoms with Crippen molar-refractivity contribution in [3.63, 3.8) is 0 Å². The van der Waals surface area contributed by atoms with Crippen molar-refractivity contribution in [2.75, 3.05) is 11.9 Å². The van der Waals surface area contributed by atoms with E-state index in [9.17, 15) is 0 Å². The molecule has 0 radical (unpaired) electrons. The lowest BCUT2D eigenvalue weighted by Gasteiger charge is -2.21. The summed E-state index contributed by atoms with van der Waals surface area (Å²) in [6.45, 7) is 4.60. The summed E-state index contributed by atoms with van der Waals surface area (Å²) >= 11 is 0. The zero-order valence-electron chi connectivity index (χ0n) is 13.8. The first kappa shape index (κ1) is 14.6. The summed E-state index contributed by atoms with van der Waals surface area (Å²) in [7, 11) is 0. The van der Waals surface area contributed by atoms with E-state index in [0.717, 1.165) is 30.1 Å². The Morgan fingerprint density at radius 2 is 1.83 bits per heavy atom. The third-order valence-corrected chi connectivity index (χ3v) is 4.77. The maximum atomic E-state index is 6.07. The number of nitrogens with two attached hydrogens (primary N) is 1. The first-order valence-corrected chi connectivity index (χ1v) is 8.32. The number of fused-ring (bicyclic) bond motifs is 3. The van der Waals surface area contributed by atoms with Crippen LogP contribution in [0.3, 0.4) is 0 Å². The number of hydrogen-bond acceptors (Lipinski definition) is 5. The number of nitrogens with zero attached hydrogens (tertiary/aromatic N) is 3. The molecule has 1 fully saturated rings. The third kappa shape index (κ3) is 2.93. The van der Waals surface area contributed by atoms with Crippen LogP contribution >= 0.6 is 0 Å². The molecular weight excluding hydrogens is 286 g/mol. The molecule has 3 aliphatic rings. The first-order chi connectivity index (χ1) is 10.9. The van der Waals surface area contributed by atoms with Crippen molar-refractivity contribution in [2.45, 2.75) is 50.5 Å². The second kappa shape index (κ2) is 4.99. The maximum Gasteiger partial charge on any atom is 0.226 e. The van der Waals surface area contributed by atoms with Crippen LogP contribution in [0.2, 0.25) is 0 Å². The molecule has 1 spiro atoms. The van der Waals surface area contributed by atoms with Crippen molar-refractivity contribution in [1.82, 2.24) is 15.0 Å². The SMILES string of the molecule is CC(C)(N)CNc1nc2nc(n1)C1(CCc3ccc-2cc3)CC1. The van der Waals surface area contributed by atoms with E-state index in [1.54, 1.807) is 0 Å². The standard InChI is InChI=1S/C18H23N5/c1-17(2,19)11-20-16-22-14-13-5-3-12(4-6-13)7-8-18(9-10-18)15(21-14)23-16/h3-6H,7-11,19H2,1-2H3,(H,20,21,22,23). The van der Waals surface area contributed by atoms with Crippen LogP contribution in [-0.2, 0) is 11.8 Å². The Kier molecular flexibility index (Phi) is 3.17. The molecule has 3 heterocycles. The topological polar surface area (TPSA) is 76.7 Å². The molecule has 0 atom stereocenters. The van der Waals surface area contributed by atoms with Gasteiger partial charge < -0.3 is 11.1 Å². The highest BCUT2D eigenvalue weighted by Crippen LogP contribution is 2.50. The van der Waals surface area contributed by atoms with Gasteiger partial charge in [0.2, 0.25) is 5.95 Å². The normalized spacial score (nSPS) is 18.0. The second-order valence-corrected chi connectivity index (χ2v) is 7.63. The van der Waals surface area contributed by atoms with Gasteiger partial charge in [0, 0.05) is 23.1 Å². The van der Waals surface area contributed by atoms with Crippen LogP contribution in [0.25, 0.3) is 11.4 Å². The molecule has 3 N–H and O–H groups in total. The summed E-state index contributed by atoms with van der Waals surface area (Å²) in [4.78, 5) is 14.1. The predicted molar refractivity (Wildman–Crippen MR) is 91.3 cm³/mol. The van der Waals surface area contributed by atoms with Gasteiger partial charge in [0.05, 0.1) is 0 Å². The van der Waals surface area contributed by atoms with Crippen LogP contribution in [-0.4, -0.2) is 27.0 Å². The maximum absolute atomic E-state index is 6.07. The largest absolute Gasteiger partial charge is 0.352 e. The third-order valence-electron chi connectivity index (χ3n) is 4.77. The smallest absolute Gasteiger partial charge is 0.226 e. The fraction of sp³-hybridized carbons (Fsp3) is 0.500. The minimum atomic E-state index is -0.308. The summed E-state index contributed by atoms with van der Waals surface area (Å²) in [5.74, 6) is 2.34. The Morgan fingerprint density at radius 3 is 2.48 bits per heavy atom. The van der Waals surface area contributed by atoms with E-state index in [1.165, 1.54) is 18.4 Å². The number of aromatic nitrogens is 3. The number of anilines is 1. The highest BCUT2D eigenvalue weighted by Gasteiger charge is 2.47. The number of nitrogens with one attached hydrogen (secondary N) is 1. The number of aryl methyl sites for hydroxylation is 1. The van der Waals surface area contributed by atoms with E-state index in [4.69, 9.17) is 15.7 Å². The second-order valence-electron chi connectivity index (χ2n) is 7.63. The van der Waals surface area contributed by atoms with E-state index in [2.05, 4.69) is 34.6 Å². The summed E-state index contributed by atoms with van der Waals surface area (Å²) < 4.78 is 0. The molecule has 4 bridgehead atoms. The van der Waals surface area contributed by atoms with Crippen LogP contribution < -0.4 is 11.1 Å². The fourth-order valence-corrected chi connectivity index (χ4v) is 3.07. The summed E-state index contributed by atoms with van der Waals surface area (Å²) in [6.07, 6.45) is 4.54. The molecule has 1 saturated carbocycles. The molecular formula is C18H23N5. The number of benzene rings is 1. The molecule has 5 nitrogen and oxygen atoms in total. The van der Waals surface area contributed by atoms with Gasteiger partial charge in [-0.1, -0.05) is 24.3 Å². The molecule has 1 aromatic heterocycles. The fourth-order valence-electron chi connectivity index (χ4n) is 3.07. The molecule has 2 aromatic rings. The van der Waals surface area contributed by atoms with Gasteiger partial charge in [0.1, 0.15) is 5.82 Å². The van der Waals surface area contributed by atoms with Crippen molar-refractivity contribution < 1.29 is 0 Å². The van der Waals surface area contributed by atoms with Crippen LogP contribution in [0.4, 0.5) is 5.95 Å². The Bertz CT molecular complexity index is 726. The molecule has 5 heteroatoms. The zero-order chi connectivity index (χ0) is 16.1. The van der Waals surface area contributed by atoms with Crippen LogP contribution in [0.15, 0.2) is 24.3 Å². The van der Waals surface area contributed by atoms with E-state index in [-0.39, 0.29) is 11.0 Å². The number of hydrogen-bond donors (Lipinski definition) is 2. The highest BCUT2D eigenvalue weighted by molar-refractivity contribution is 5.57. The van der Waals surface area contributed by atoms with Crippen LogP contribution in [0, 0.1) is 0 Å². The summed E-state index contributed by atoms with van der Waals surface area (Å²) in [5.41, 5.74) is 8.34. The van der Waals surface area contributed by atoms with Crippen molar-refractivity contribution in [3.05, 3.63) is 35.7 Å². The van der Waals surface area contributed by atoms with Crippen molar-refractivity contribution in [3.8, 4) is 11.4 Å². The molecule has 0 saturated heterocycles. The van der Waals surface area contributed by atoms with E-state index < -0.39 is 0 Å². The number of rotatable bonds is 3. The molecule has 1 aromatic carbocycles. The summed E-state index contributed by atoms with van der Waals surface area (Å²) in [6, 6.07) is 8.60. The van der Waals surface area contributed by atoms with Gasteiger partial charge in [-0.3, -0.25) is 0 Å². The Hall–Kier alpha value is -2.01. The lowest BCUT2D eigenvalue weighted by atomic mass is 9.94. The van der Waals surface area contributed by atoms with Gasteiger partial charge in [0.25, 0.3) is 0 Å². The average molecular weight is 309 g/mol. The Morgan fingerprint density at radius 1 is 1.09 bits per heavy atom. The molecule has 0 amide bonds. The van der Waals surface area contributed by atoms with Gasteiger partial charge in [-0.2, -0.15) is 9.97 Å². The highest BCUT2D eigenvalue weighted by atomic mass is 15.2. The molecule has 0 unspecified atom stereocenters. The van der Waals surface area contributed by atoms with Crippen molar-refractivity contribution in [2.24, 2.45) is 5.73 Å². The summed E-state index contributed by atoms with van der Waals surface area (Å²) in [5, 5.41) is 3.29. The van der Waals surface area contributed by atoms with Crippen molar-refractivity contribution >= 4 is 5.95 Å². The molecule has 2 aliphatic heterocycles. The lowest BCUT2D eigenvalue weighted by Crippen LogP contribution is -2.40. The van der Waals surface area contributed by atoms with Crippen LogP contribution in [0.1, 0.15) is 44.5 Å². The quantitative estimate of drug-likeness (QED) is 0.911. The Balaban J connectivity index is 1.77. The van der Waals surface area contributed by atoms with Crippen molar-refractivity contribution in [1.29, 1.82) is 0 Å². The van der Waals surface area contributed by atoms with E-state index in [0.29, 0.717) is 12.5 Å². The van der Waals surface area contributed by atoms with Gasteiger partial charge >= 0.3 is 0 Å². The average Bonchev–Trinajstić information content (AvgIpc) is 3.31. The molecule has 23 heavy (non-hydrogen) atoms.